The zero-order valence-corrected chi connectivity index (χ0v) is 11.5. The van der Waals surface area contributed by atoms with Gasteiger partial charge in [-0.1, -0.05) is 37.3 Å². The molecule has 1 aliphatic heterocycles. The normalized spacial score (nSPS) is 23.7. The van der Waals surface area contributed by atoms with Crippen LogP contribution in [0.4, 0.5) is 0 Å². The summed E-state index contributed by atoms with van der Waals surface area (Å²) in [5, 5.41) is 0. The first-order valence-electron chi connectivity index (χ1n) is 6.61. The van der Waals surface area contributed by atoms with E-state index in [1.54, 1.807) is 18.7 Å². The van der Waals surface area contributed by atoms with Crippen molar-refractivity contribution >= 4 is 11.9 Å². The maximum absolute atomic E-state index is 12.0. The molecule has 1 heterocycles. The first kappa shape index (κ1) is 13.6. The molecular weight excluding hydrogens is 242 g/mol. The van der Waals surface area contributed by atoms with Gasteiger partial charge in [0, 0.05) is 0 Å². The van der Waals surface area contributed by atoms with Crippen LogP contribution in [0.3, 0.4) is 0 Å². The van der Waals surface area contributed by atoms with Gasteiger partial charge < -0.3 is 9.64 Å². The summed E-state index contributed by atoms with van der Waals surface area (Å²) in [4.78, 5) is 25.5. The second-order valence-electron chi connectivity index (χ2n) is 4.82. The molecule has 0 spiro atoms. The van der Waals surface area contributed by atoms with E-state index >= 15 is 0 Å². The minimum Gasteiger partial charge on any atom is -0.464 e. The van der Waals surface area contributed by atoms with Crippen LogP contribution in [0.15, 0.2) is 30.3 Å². The monoisotopic (exact) mass is 261 g/mol. The Hall–Kier alpha value is -1.84. The van der Waals surface area contributed by atoms with E-state index in [9.17, 15) is 9.59 Å². The fourth-order valence-corrected chi connectivity index (χ4v) is 2.54. The Morgan fingerprint density at radius 2 is 2.00 bits per heavy atom. The third kappa shape index (κ3) is 2.35. The topological polar surface area (TPSA) is 46.6 Å². The van der Waals surface area contributed by atoms with Crippen molar-refractivity contribution in [1.82, 2.24) is 4.90 Å². The van der Waals surface area contributed by atoms with Crippen LogP contribution in [0.25, 0.3) is 0 Å². The molecule has 1 saturated heterocycles. The van der Waals surface area contributed by atoms with Crippen molar-refractivity contribution < 1.29 is 14.3 Å². The lowest BCUT2D eigenvalue weighted by Gasteiger charge is -2.47. The molecule has 1 aromatic carbocycles. The molecule has 0 radical (unpaired) electrons. The summed E-state index contributed by atoms with van der Waals surface area (Å²) in [7, 11) is 0. The van der Waals surface area contributed by atoms with Gasteiger partial charge in [-0.05, 0) is 19.4 Å². The van der Waals surface area contributed by atoms with Gasteiger partial charge in [0.05, 0.1) is 18.6 Å². The van der Waals surface area contributed by atoms with Gasteiger partial charge in [0.2, 0.25) is 5.91 Å². The average molecular weight is 261 g/mol. The van der Waals surface area contributed by atoms with E-state index in [0.29, 0.717) is 6.61 Å². The molecule has 4 nitrogen and oxygen atoms in total. The Balaban J connectivity index is 2.18. The second kappa shape index (κ2) is 5.43. The molecule has 1 aliphatic rings. The van der Waals surface area contributed by atoms with Crippen LogP contribution >= 0.6 is 0 Å². The van der Waals surface area contributed by atoms with Gasteiger partial charge in [0.1, 0.15) is 6.04 Å². The highest BCUT2D eigenvalue weighted by atomic mass is 16.5. The first-order valence-corrected chi connectivity index (χ1v) is 6.61. The summed E-state index contributed by atoms with van der Waals surface area (Å²) in [5.74, 6) is -0.586. The van der Waals surface area contributed by atoms with Crippen molar-refractivity contribution in [1.29, 1.82) is 0 Å². The number of esters is 1. The lowest BCUT2D eigenvalue weighted by molar-refractivity contribution is -0.176. The number of amides is 1. The Morgan fingerprint density at radius 3 is 2.58 bits per heavy atom. The van der Waals surface area contributed by atoms with E-state index in [1.165, 1.54) is 0 Å². The number of carbonyl (C=O) groups excluding carboxylic acids is 2. The van der Waals surface area contributed by atoms with Crippen LogP contribution < -0.4 is 0 Å². The summed E-state index contributed by atoms with van der Waals surface area (Å²) < 4.78 is 5.05. The lowest BCUT2D eigenvalue weighted by atomic mass is 9.86. The van der Waals surface area contributed by atoms with Crippen LogP contribution in [0.1, 0.15) is 32.4 Å². The van der Waals surface area contributed by atoms with Crippen molar-refractivity contribution in [3.63, 3.8) is 0 Å². The Kier molecular flexibility index (Phi) is 3.88. The molecular formula is C15H19NO3. The minimum atomic E-state index is -0.456. The minimum absolute atomic E-state index is 0.00871. The Labute approximate surface area is 113 Å². The van der Waals surface area contributed by atoms with Gasteiger partial charge in [-0.15, -0.1) is 0 Å². The van der Waals surface area contributed by atoms with Gasteiger partial charge in [-0.25, -0.2) is 4.79 Å². The molecule has 0 N–H and O–H groups in total. The number of β-lactam (4-membered cyclic amide) rings is 1. The number of ether oxygens (including phenoxy) is 1. The van der Waals surface area contributed by atoms with Crippen LogP contribution in [-0.4, -0.2) is 29.4 Å². The van der Waals surface area contributed by atoms with E-state index in [2.05, 4.69) is 0 Å². The largest absolute Gasteiger partial charge is 0.464 e. The van der Waals surface area contributed by atoms with E-state index in [-0.39, 0.29) is 23.8 Å². The molecule has 0 bridgehead atoms. The number of hydrogen-bond acceptors (Lipinski definition) is 3. The van der Waals surface area contributed by atoms with Crippen molar-refractivity contribution in [2.24, 2.45) is 5.92 Å². The van der Waals surface area contributed by atoms with Gasteiger partial charge >= 0.3 is 5.97 Å². The highest BCUT2D eigenvalue weighted by Gasteiger charge is 2.51. The summed E-state index contributed by atoms with van der Waals surface area (Å²) in [6.07, 6.45) is 0. The fraction of sp³-hybridized carbons (Fsp3) is 0.467. The molecule has 2 rings (SSSR count). The number of carbonyl (C=O) groups is 2. The number of nitrogens with zero attached hydrogens (tertiary/aromatic N) is 1. The number of likely N-dealkylation sites (tertiary alicyclic amines) is 1. The molecule has 1 aromatic rings. The molecule has 0 aromatic heterocycles. The van der Waals surface area contributed by atoms with Gasteiger partial charge in [0.25, 0.3) is 0 Å². The average Bonchev–Trinajstić information content (AvgIpc) is 2.44. The number of benzene rings is 1. The van der Waals surface area contributed by atoms with Crippen molar-refractivity contribution in [3.8, 4) is 0 Å². The summed E-state index contributed by atoms with van der Waals surface area (Å²) >= 11 is 0. The third-order valence-corrected chi connectivity index (χ3v) is 3.64. The van der Waals surface area contributed by atoms with E-state index in [1.807, 2.05) is 37.3 Å². The Bertz CT molecular complexity index is 472. The molecule has 19 heavy (non-hydrogen) atoms. The summed E-state index contributed by atoms with van der Waals surface area (Å²) in [6.45, 7) is 5.82. The maximum atomic E-state index is 12.0. The first-order chi connectivity index (χ1) is 9.07. The van der Waals surface area contributed by atoms with Crippen LogP contribution in [0, 0.1) is 5.92 Å². The van der Waals surface area contributed by atoms with E-state index in [0.717, 1.165) is 5.56 Å². The number of hydrogen-bond donors (Lipinski definition) is 0. The van der Waals surface area contributed by atoms with E-state index in [4.69, 9.17) is 4.74 Å². The SMILES string of the molecule is CCOC(=O)[C@H]1C(C)C(=O)N1[C@H](C)c1ccccc1. The molecule has 1 fully saturated rings. The molecule has 4 heteroatoms. The standard InChI is InChI=1S/C15H19NO3/c1-4-19-15(18)13-10(2)14(17)16(13)11(3)12-8-6-5-7-9-12/h5-11,13H,4H2,1-3H3/t10?,11-,13-/m1/s1. The molecule has 1 unspecified atom stereocenters. The zero-order valence-electron chi connectivity index (χ0n) is 11.5. The van der Waals surface area contributed by atoms with E-state index < -0.39 is 6.04 Å². The lowest BCUT2D eigenvalue weighted by Crippen LogP contribution is -2.64. The third-order valence-electron chi connectivity index (χ3n) is 3.64. The Morgan fingerprint density at radius 1 is 1.37 bits per heavy atom. The van der Waals surface area contributed by atoms with Crippen LogP contribution in [0.5, 0.6) is 0 Å². The molecule has 0 aliphatic carbocycles. The summed E-state index contributed by atoms with van der Waals surface area (Å²) in [6, 6.07) is 9.14. The van der Waals surface area contributed by atoms with Gasteiger partial charge in [-0.3, -0.25) is 4.79 Å². The summed E-state index contributed by atoms with van der Waals surface area (Å²) in [5.41, 5.74) is 1.03. The highest BCUT2D eigenvalue weighted by molar-refractivity contribution is 5.97. The maximum Gasteiger partial charge on any atom is 0.329 e. The molecule has 3 atom stereocenters. The fourth-order valence-electron chi connectivity index (χ4n) is 2.54. The molecule has 0 saturated carbocycles. The van der Waals surface area contributed by atoms with Crippen molar-refractivity contribution in [2.45, 2.75) is 32.9 Å². The van der Waals surface area contributed by atoms with Crippen molar-refractivity contribution in [2.75, 3.05) is 6.61 Å². The second-order valence-corrected chi connectivity index (χ2v) is 4.82. The highest BCUT2D eigenvalue weighted by Crippen LogP contribution is 2.35. The van der Waals surface area contributed by atoms with Gasteiger partial charge in [0.15, 0.2) is 0 Å². The molecule has 1 amide bonds. The smallest absolute Gasteiger partial charge is 0.329 e. The predicted octanol–water partition coefficient (Wildman–Crippen LogP) is 2.16. The van der Waals surface area contributed by atoms with Crippen LogP contribution in [-0.2, 0) is 14.3 Å². The molecule has 102 valence electrons. The van der Waals surface area contributed by atoms with Crippen molar-refractivity contribution in [3.05, 3.63) is 35.9 Å². The van der Waals surface area contributed by atoms with Gasteiger partial charge in [-0.2, -0.15) is 0 Å². The predicted molar refractivity (Wildman–Crippen MR) is 71.3 cm³/mol. The quantitative estimate of drug-likeness (QED) is 0.616. The zero-order chi connectivity index (χ0) is 14.0. The van der Waals surface area contributed by atoms with Crippen LogP contribution in [0.2, 0.25) is 0 Å². The number of rotatable bonds is 4.